The van der Waals surface area contributed by atoms with Gasteiger partial charge in [-0.2, -0.15) is 0 Å². The van der Waals surface area contributed by atoms with Gasteiger partial charge in [-0.05, 0) is 0 Å². The summed E-state index contributed by atoms with van der Waals surface area (Å²) in [4.78, 5) is 2.09. The van der Waals surface area contributed by atoms with Gasteiger partial charge in [0.2, 0.25) is 0 Å². The van der Waals surface area contributed by atoms with Crippen LogP contribution < -0.4 is 0 Å². The van der Waals surface area contributed by atoms with Gasteiger partial charge in [-0.15, -0.1) is 0 Å². The second-order valence-corrected chi connectivity index (χ2v) is 5.33. The SMILES string of the molecule is C=COCCN1CCS(=O)(=O)CC1. The Balaban J connectivity index is 2.21. The number of sulfone groups is 1. The molecule has 0 saturated carbocycles. The Bertz CT molecular complexity index is 247. The van der Waals surface area contributed by atoms with Crippen molar-refractivity contribution in [2.75, 3.05) is 37.7 Å². The van der Waals surface area contributed by atoms with E-state index >= 15 is 0 Å². The Morgan fingerprint density at radius 2 is 2.00 bits per heavy atom. The number of hydrogen-bond donors (Lipinski definition) is 0. The van der Waals surface area contributed by atoms with E-state index in [2.05, 4.69) is 11.5 Å². The van der Waals surface area contributed by atoms with Gasteiger partial charge in [0.15, 0.2) is 9.84 Å². The Kier molecular flexibility index (Phi) is 3.74. The monoisotopic (exact) mass is 205 g/mol. The maximum absolute atomic E-state index is 11.1. The third kappa shape index (κ3) is 3.78. The van der Waals surface area contributed by atoms with E-state index in [1.165, 1.54) is 6.26 Å². The van der Waals surface area contributed by atoms with Crippen molar-refractivity contribution in [3.63, 3.8) is 0 Å². The van der Waals surface area contributed by atoms with Crippen molar-refractivity contribution < 1.29 is 13.2 Å². The highest BCUT2D eigenvalue weighted by atomic mass is 32.2. The molecule has 76 valence electrons. The van der Waals surface area contributed by atoms with E-state index in [1.54, 1.807) is 0 Å². The molecule has 1 rings (SSSR count). The number of nitrogens with zero attached hydrogens (tertiary/aromatic N) is 1. The van der Waals surface area contributed by atoms with Gasteiger partial charge >= 0.3 is 0 Å². The van der Waals surface area contributed by atoms with Crippen LogP contribution in [0.25, 0.3) is 0 Å². The van der Waals surface area contributed by atoms with Crippen LogP contribution >= 0.6 is 0 Å². The zero-order valence-electron chi connectivity index (χ0n) is 7.61. The molecular weight excluding hydrogens is 190 g/mol. The van der Waals surface area contributed by atoms with Gasteiger partial charge in [-0.1, -0.05) is 6.58 Å². The van der Waals surface area contributed by atoms with Crippen LogP contribution in [0.15, 0.2) is 12.8 Å². The quantitative estimate of drug-likeness (QED) is 0.474. The fourth-order valence-corrected chi connectivity index (χ4v) is 2.52. The van der Waals surface area contributed by atoms with Gasteiger partial charge in [0.1, 0.15) is 0 Å². The molecule has 0 bridgehead atoms. The molecule has 1 aliphatic heterocycles. The molecule has 0 aromatic heterocycles. The molecule has 1 aliphatic rings. The Hall–Kier alpha value is -0.550. The van der Waals surface area contributed by atoms with Gasteiger partial charge in [-0.25, -0.2) is 8.42 Å². The average Bonchev–Trinajstić information content (AvgIpc) is 2.08. The normalized spacial score (nSPS) is 22.5. The third-order valence-electron chi connectivity index (χ3n) is 2.08. The smallest absolute Gasteiger partial charge is 0.152 e. The highest BCUT2D eigenvalue weighted by Gasteiger charge is 2.20. The molecule has 0 aliphatic carbocycles. The van der Waals surface area contributed by atoms with E-state index in [-0.39, 0.29) is 11.5 Å². The lowest BCUT2D eigenvalue weighted by Gasteiger charge is -2.25. The standard InChI is InChI=1S/C8H15NO3S/c1-2-12-6-3-9-4-7-13(10,11)8-5-9/h2H,1,3-8H2. The average molecular weight is 205 g/mol. The minimum Gasteiger partial charge on any atom is -0.500 e. The Labute approximate surface area is 79.1 Å². The van der Waals surface area contributed by atoms with Gasteiger partial charge < -0.3 is 4.74 Å². The maximum atomic E-state index is 11.1. The molecule has 13 heavy (non-hydrogen) atoms. The molecule has 1 heterocycles. The first kappa shape index (κ1) is 10.5. The van der Waals surface area contributed by atoms with Gasteiger partial charge in [-0.3, -0.25) is 4.90 Å². The predicted molar refractivity (Wildman–Crippen MR) is 51.2 cm³/mol. The summed E-state index contributed by atoms with van der Waals surface area (Å²) in [5.74, 6) is 0.558. The van der Waals surface area contributed by atoms with Gasteiger partial charge in [0, 0.05) is 19.6 Å². The zero-order chi connectivity index (χ0) is 9.73. The molecule has 0 spiro atoms. The first-order chi connectivity index (χ1) is 6.14. The van der Waals surface area contributed by atoms with Crippen LogP contribution in [0.2, 0.25) is 0 Å². The third-order valence-corrected chi connectivity index (χ3v) is 3.69. The Morgan fingerprint density at radius 3 is 2.54 bits per heavy atom. The first-order valence-corrected chi connectivity index (χ1v) is 6.11. The van der Waals surface area contributed by atoms with Crippen molar-refractivity contribution in [2.45, 2.75) is 0 Å². The van der Waals surface area contributed by atoms with Gasteiger partial charge in [0.05, 0.1) is 24.4 Å². The second-order valence-electron chi connectivity index (χ2n) is 3.03. The fraction of sp³-hybridized carbons (Fsp3) is 0.750. The molecule has 0 radical (unpaired) electrons. The van der Waals surface area contributed by atoms with Crippen molar-refractivity contribution >= 4 is 9.84 Å². The molecule has 0 aromatic rings. The molecular formula is C8H15NO3S. The molecule has 1 saturated heterocycles. The largest absolute Gasteiger partial charge is 0.500 e. The first-order valence-electron chi connectivity index (χ1n) is 4.29. The topological polar surface area (TPSA) is 46.6 Å². The van der Waals surface area contributed by atoms with E-state index < -0.39 is 9.84 Å². The number of ether oxygens (including phenoxy) is 1. The molecule has 0 N–H and O–H groups in total. The van der Waals surface area contributed by atoms with E-state index in [9.17, 15) is 8.42 Å². The van der Waals surface area contributed by atoms with Crippen LogP contribution in [0.4, 0.5) is 0 Å². The van der Waals surface area contributed by atoms with Crippen molar-refractivity contribution in [1.29, 1.82) is 0 Å². The number of hydrogen-bond acceptors (Lipinski definition) is 4. The summed E-state index contributed by atoms with van der Waals surface area (Å²) >= 11 is 0. The highest BCUT2D eigenvalue weighted by molar-refractivity contribution is 7.91. The fourth-order valence-electron chi connectivity index (χ4n) is 1.24. The molecule has 0 aromatic carbocycles. The number of rotatable bonds is 4. The minimum absolute atomic E-state index is 0.279. The van der Waals surface area contributed by atoms with Crippen LogP contribution in [0.5, 0.6) is 0 Å². The molecule has 0 atom stereocenters. The van der Waals surface area contributed by atoms with Crippen LogP contribution in [0.1, 0.15) is 0 Å². The molecule has 0 unspecified atom stereocenters. The summed E-state index contributed by atoms with van der Waals surface area (Å²) in [5, 5.41) is 0. The van der Waals surface area contributed by atoms with E-state index in [0.717, 1.165) is 6.54 Å². The summed E-state index contributed by atoms with van der Waals surface area (Å²) in [6, 6.07) is 0. The van der Waals surface area contributed by atoms with Crippen molar-refractivity contribution in [2.24, 2.45) is 0 Å². The minimum atomic E-state index is -2.75. The maximum Gasteiger partial charge on any atom is 0.152 e. The summed E-state index contributed by atoms with van der Waals surface area (Å²) < 4.78 is 27.1. The summed E-state index contributed by atoms with van der Waals surface area (Å²) in [5.41, 5.74) is 0. The summed E-state index contributed by atoms with van der Waals surface area (Å²) in [7, 11) is -2.75. The summed E-state index contributed by atoms with van der Waals surface area (Å²) in [6.07, 6.45) is 1.40. The van der Waals surface area contributed by atoms with Crippen molar-refractivity contribution in [1.82, 2.24) is 4.90 Å². The van der Waals surface area contributed by atoms with Crippen LogP contribution in [0.3, 0.4) is 0 Å². The molecule has 5 heteroatoms. The lowest BCUT2D eigenvalue weighted by molar-refractivity contribution is 0.185. The molecule has 0 amide bonds. The van der Waals surface area contributed by atoms with E-state index in [1.807, 2.05) is 0 Å². The zero-order valence-corrected chi connectivity index (χ0v) is 8.42. The molecule has 1 fully saturated rings. The Morgan fingerprint density at radius 1 is 1.38 bits per heavy atom. The lowest BCUT2D eigenvalue weighted by Crippen LogP contribution is -2.41. The van der Waals surface area contributed by atoms with Crippen LogP contribution in [-0.4, -0.2) is 51.1 Å². The summed E-state index contributed by atoms with van der Waals surface area (Å²) in [6.45, 7) is 6.05. The van der Waals surface area contributed by atoms with Gasteiger partial charge in [0.25, 0.3) is 0 Å². The van der Waals surface area contributed by atoms with E-state index in [4.69, 9.17) is 4.74 Å². The van der Waals surface area contributed by atoms with E-state index in [0.29, 0.717) is 19.7 Å². The van der Waals surface area contributed by atoms with Crippen molar-refractivity contribution in [3.8, 4) is 0 Å². The highest BCUT2D eigenvalue weighted by Crippen LogP contribution is 2.02. The molecule has 4 nitrogen and oxygen atoms in total. The predicted octanol–water partition coefficient (Wildman–Crippen LogP) is -0.123. The van der Waals surface area contributed by atoms with Crippen LogP contribution in [0, 0.1) is 0 Å². The lowest BCUT2D eigenvalue weighted by atomic mass is 10.5. The van der Waals surface area contributed by atoms with Crippen molar-refractivity contribution in [3.05, 3.63) is 12.8 Å². The second kappa shape index (κ2) is 4.62. The van der Waals surface area contributed by atoms with Crippen LogP contribution in [-0.2, 0) is 14.6 Å².